The summed E-state index contributed by atoms with van der Waals surface area (Å²) >= 11 is 0. The number of rotatable bonds is 6. The Balaban J connectivity index is 1.41. The molecular formula is C16H18N4O3. The summed E-state index contributed by atoms with van der Waals surface area (Å²) in [4.78, 5) is 27.8. The van der Waals surface area contributed by atoms with Crippen molar-refractivity contribution in [2.45, 2.75) is 25.7 Å². The number of aromatic nitrogens is 2. The first-order chi connectivity index (χ1) is 11.1. The molecule has 0 unspecified atom stereocenters. The van der Waals surface area contributed by atoms with Gasteiger partial charge in [-0.1, -0.05) is 22.9 Å². The molecule has 120 valence electrons. The van der Waals surface area contributed by atoms with Gasteiger partial charge in [0.05, 0.1) is 0 Å². The van der Waals surface area contributed by atoms with Crippen LogP contribution >= 0.6 is 0 Å². The fourth-order valence-electron chi connectivity index (χ4n) is 2.07. The summed E-state index contributed by atoms with van der Waals surface area (Å²) < 4.78 is 4.93. The Kier molecular flexibility index (Phi) is 4.36. The first-order valence-corrected chi connectivity index (χ1v) is 7.60. The number of nitrogens with one attached hydrogen (secondary N) is 2. The normalized spacial score (nSPS) is 13.6. The first kappa shape index (κ1) is 15.2. The van der Waals surface area contributed by atoms with E-state index in [9.17, 15) is 9.59 Å². The molecule has 23 heavy (non-hydrogen) atoms. The van der Waals surface area contributed by atoms with E-state index in [1.807, 2.05) is 19.1 Å². The van der Waals surface area contributed by atoms with Crippen molar-refractivity contribution in [3.63, 3.8) is 0 Å². The zero-order valence-electron chi connectivity index (χ0n) is 12.8. The molecule has 0 aliphatic heterocycles. The third-order valence-electron chi connectivity index (χ3n) is 3.59. The highest BCUT2D eigenvalue weighted by Crippen LogP contribution is 2.37. The highest BCUT2D eigenvalue weighted by atomic mass is 16.5. The number of amides is 2. The van der Waals surface area contributed by atoms with Crippen LogP contribution in [-0.4, -0.2) is 35.0 Å². The summed E-state index contributed by atoms with van der Waals surface area (Å²) in [7, 11) is 0. The number of aryl methyl sites for hydroxylation is 1. The molecule has 3 rings (SSSR count). The van der Waals surface area contributed by atoms with E-state index in [0.29, 0.717) is 23.9 Å². The number of nitrogens with zero attached hydrogens (tertiary/aromatic N) is 2. The zero-order valence-corrected chi connectivity index (χ0v) is 12.8. The number of carbonyl (C=O) groups is 2. The second-order valence-corrected chi connectivity index (χ2v) is 5.61. The Morgan fingerprint density at radius 3 is 2.43 bits per heavy atom. The first-order valence-electron chi connectivity index (χ1n) is 7.60. The third-order valence-corrected chi connectivity index (χ3v) is 3.59. The molecule has 1 aliphatic carbocycles. The maximum absolute atomic E-state index is 11.9. The molecular weight excluding hydrogens is 296 g/mol. The lowest BCUT2D eigenvalue weighted by Gasteiger charge is -2.06. The van der Waals surface area contributed by atoms with Gasteiger partial charge in [0.2, 0.25) is 0 Å². The van der Waals surface area contributed by atoms with Crippen LogP contribution in [0.2, 0.25) is 0 Å². The van der Waals surface area contributed by atoms with E-state index in [0.717, 1.165) is 18.4 Å². The van der Waals surface area contributed by atoms with Crippen molar-refractivity contribution < 1.29 is 14.1 Å². The predicted molar refractivity (Wildman–Crippen MR) is 82.1 cm³/mol. The second kappa shape index (κ2) is 6.60. The largest absolute Gasteiger partial charge is 0.350 e. The Hall–Kier alpha value is -2.70. The lowest BCUT2D eigenvalue weighted by molar-refractivity contribution is 0.0898. The standard InChI is InChI=1S/C16H18N4O3/c1-10-2-4-12(5-3-10)14(21)17-8-9-18-15(22)16-19-13(20-23-16)11-6-7-11/h2-5,11H,6-9H2,1H3,(H,17,21)(H,18,22). The van der Waals surface area contributed by atoms with Crippen LogP contribution in [0.4, 0.5) is 0 Å². The maximum Gasteiger partial charge on any atom is 0.315 e. The van der Waals surface area contributed by atoms with Gasteiger partial charge in [-0.05, 0) is 31.9 Å². The molecule has 2 N–H and O–H groups in total. The molecule has 1 aromatic carbocycles. The number of hydrogen-bond donors (Lipinski definition) is 2. The van der Waals surface area contributed by atoms with Crippen LogP contribution in [0.1, 0.15) is 51.2 Å². The van der Waals surface area contributed by atoms with Crippen LogP contribution in [0, 0.1) is 6.92 Å². The van der Waals surface area contributed by atoms with E-state index in [1.54, 1.807) is 12.1 Å². The van der Waals surface area contributed by atoms with E-state index in [-0.39, 0.29) is 18.3 Å². The van der Waals surface area contributed by atoms with Crippen molar-refractivity contribution in [1.29, 1.82) is 0 Å². The van der Waals surface area contributed by atoms with Crippen molar-refractivity contribution in [3.05, 3.63) is 47.1 Å². The summed E-state index contributed by atoms with van der Waals surface area (Å²) in [5.74, 6) is 0.315. The monoisotopic (exact) mass is 314 g/mol. The minimum Gasteiger partial charge on any atom is -0.350 e. The van der Waals surface area contributed by atoms with Crippen LogP contribution in [-0.2, 0) is 0 Å². The molecule has 0 saturated heterocycles. The molecule has 0 atom stereocenters. The van der Waals surface area contributed by atoms with Crippen molar-refractivity contribution >= 4 is 11.8 Å². The van der Waals surface area contributed by atoms with Crippen molar-refractivity contribution in [2.75, 3.05) is 13.1 Å². The lowest BCUT2D eigenvalue weighted by Crippen LogP contribution is -2.34. The highest BCUT2D eigenvalue weighted by molar-refractivity contribution is 5.94. The van der Waals surface area contributed by atoms with Gasteiger partial charge >= 0.3 is 11.8 Å². The van der Waals surface area contributed by atoms with Gasteiger partial charge in [-0.2, -0.15) is 4.98 Å². The summed E-state index contributed by atoms with van der Waals surface area (Å²) in [6, 6.07) is 7.29. The van der Waals surface area contributed by atoms with E-state index < -0.39 is 5.91 Å². The zero-order chi connectivity index (χ0) is 16.2. The van der Waals surface area contributed by atoms with E-state index >= 15 is 0 Å². The Bertz CT molecular complexity index is 704. The third kappa shape index (κ3) is 3.94. The van der Waals surface area contributed by atoms with Crippen molar-refractivity contribution in [2.24, 2.45) is 0 Å². The van der Waals surface area contributed by atoms with E-state index in [2.05, 4.69) is 20.8 Å². The molecule has 7 nitrogen and oxygen atoms in total. The van der Waals surface area contributed by atoms with Gasteiger partial charge in [-0.3, -0.25) is 9.59 Å². The van der Waals surface area contributed by atoms with Gasteiger partial charge in [0.25, 0.3) is 5.91 Å². The van der Waals surface area contributed by atoms with Crippen LogP contribution in [0.15, 0.2) is 28.8 Å². The maximum atomic E-state index is 11.9. The van der Waals surface area contributed by atoms with E-state index in [1.165, 1.54) is 0 Å². The minimum absolute atomic E-state index is 0.0308. The number of benzene rings is 1. The van der Waals surface area contributed by atoms with Crippen LogP contribution < -0.4 is 10.6 Å². The molecule has 2 amide bonds. The summed E-state index contributed by atoms with van der Waals surface area (Å²) in [5.41, 5.74) is 1.69. The summed E-state index contributed by atoms with van der Waals surface area (Å²) in [6.07, 6.45) is 2.09. The van der Waals surface area contributed by atoms with Gasteiger partial charge in [-0.15, -0.1) is 0 Å². The minimum atomic E-state index is -0.422. The van der Waals surface area contributed by atoms with Gasteiger partial charge in [0, 0.05) is 24.6 Å². The molecule has 0 radical (unpaired) electrons. The van der Waals surface area contributed by atoms with Crippen LogP contribution in [0.3, 0.4) is 0 Å². The summed E-state index contributed by atoms with van der Waals surface area (Å²) in [5, 5.41) is 9.16. The van der Waals surface area contributed by atoms with Crippen LogP contribution in [0.5, 0.6) is 0 Å². The van der Waals surface area contributed by atoms with E-state index in [4.69, 9.17) is 4.52 Å². The van der Waals surface area contributed by atoms with Crippen molar-refractivity contribution in [3.8, 4) is 0 Å². The Labute approximate surface area is 133 Å². The fraction of sp³-hybridized carbons (Fsp3) is 0.375. The number of carbonyl (C=O) groups excluding carboxylic acids is 2. The molecule has 7 heteroatoms. The average Bonchev–Trinajstić information content (AvgIpc) is 3.29. The SMILES string of the molecule is Cc1ccc(C(=O)NCCNC(=O)c2nc(C3CC3)no2)cc1. The smallest absolute Gasteiger partial charge is 0.315 e. The molecule has 1 heterocycles. The Morgan fingerprint density at radius 1 is 1.13 bits per heavy atom. The topological polar surface area (TPSA) is 97.1 Å². The fourth-order valence-corrected chi connectivity index (χ4v) is 2.07. The molecule has 1 aliphatic rings. The second-order valence-electron chi connectivity index (χ2n) is 5.61. The van der Waals surface area contributed by atoms with Gasteiger partial charge in [0.15, 0.2) is 5.82 Å². The molecule has 0 bridgehead atoms. The predicted octanol–water partition coefficient (Wildman–Crippen LogP) is 1.42. The van der Waals surface area contributed by atoms with Gasteiger partial charge in [0.1, 0.15) is 0 Å². The average molecular weight is 314 g/mol. The van der Waals surface area contributed by atoms with Crippen LogP contribution in [0.25, 0.3) is 0 Å². The quantitative estimate of drug-likeness (QED) is 0.786. The molecule has 0 spiro atoms. The molecule has 2 aromatic rings. The van der Waals surface area contributed by atoms with Gasteiger partial charge in [-0.25, -0.2) is 0 Å². The molecule has 1 saturated carbocycles. The summed E-state index contributed by atoms with van der Waals surface area (Å²) in [6.45, 7) is 2.57. The highest BCUT2D eigenvalue weighted by Gasteiger charge is 2.29. The molecule has 1 aromatic heterocycles. The van der Waals surface area contributed by atoms with Crippen molar-refractivity contribution in [1.82, 2.24) is 20.8 Å². The van der Waals surface area contributed by atoms with Gasteiger partial charge < -0.3 is 15.2 Å². The molecule has 1 fully saturated rings. The lowest BCUT2D eigenvalue weighted by atomic mass is 10.1. The number of hydrogen-bond acceptors (Lipinski definition) is 5. The Morgan fingerprint density at radius 2 is 1.78 bits per heavy atom.